The number of nitrogens with zero attached hydrogens (tertiary/aromatic N) is 1. The Morgan fingerprint density at radius 1 is 1.37 bits per heavy atom. The standard InChI is InChI=1S/C16H28N2O/c1-5-8-18-9-6-15(7-10-18)17-13(3)16-11-12(2)19-14(16)4/h11,13,15,17H,5-10H2,1-4H3. The summed E-state index contributed by atoms with van der Waals surface area (Å²) < 4.78 is 5.63. The lowest BCUT2D eigenvalue weighted by molar-refractivity contribution is 0.192. The maximum Gasteiger partial charge on any atom is 0.105 e. The normalized spacial score (nSPS) is 19.8. The van der Waals surface area contributed by atoms with Gasteiger partial charge in [-0.1, -0.05) is 6.92 Å². The minimum absolute atomic E-state index is 0.389. The molecule has 1 atom stereocenters. The lowest BCUT2D eigenvalue weighted by Crippen LogP contribution is -2.43. The van der Waals surface area contributed by atoms with Crippen molar-refractivity contribution in [3.8, 4) is 0 Å². The third kappa shape index (κ3) is 3.83. The van der Waals surface area contributed by atoms with Crippen LogP contribution in [0.15, 0.2) is 10.5 Å². The summed E-state index contributed by atoms with van der Waals surface area (Å²) in [5.74, 6) is 2.07. The lowest BCUT2D eigenvalue weighted by atomic mass is 10.0. The smallest absolute Gasteiger partial charge is 0.105 e. The Morgan fingerprint density at radius 2 is 2.05 bits per heavy atom. The first-order valence-electron chi connectivity index (χ1n) is 7.65. The summed E-state index contributed by atoms with van der Waals surface area (Å²) in [7, 11) is 0. The largest absolute Gasteiger partial charge is 0.466 e. The van der Waals surface area contributed by atoms with Gasteiger partial charge < -0.3 is 14.6 Å². The molecular weight excluding hydrogens is 236 g/mol. The van der Waals surface area contributed by atoms with Crippen LogP contribution in [0.5, 0.6) is 0 Å². The molecule has 1 saturated heterocycles. The molecule has 0 radical (unpaired) electrons. The molecule has 108 valence electrons. The van der Waals surface area contributed by atoms with Crippen molar-refractivity contribution in [2.24, 2.45) is 0 Å². The second-order valence-corrected chi connectivity index (χ2v) is 5.87. The molecule has 3 nitrogen and oxygen atoms in total. The minimum atomic E-state index is 0.389. The van der Waals surface area contributed by atoms with Crippen LogP contribution in [-0.4, -0.2) is 30.6 Å². The number of nitrogens with one attached hydrogen (secondary N) is 1. The fraction of sp³-hybridized carbons (Fsp3) is 0.750. The predicted molar refractivity (Wildman–Crippen MR) is 79.5 cm³/mol. The van der Waals surface area contributed by atoms with Crippen molar-refractivity contribution in [3.05, 3.63) is 23.2 Å². The molecule has 1 aromatic heterocycles. The van der Waals surface area contributed by atoms with E-state index in [1.54, 1.807) is 0 Å². The average Bonchev–Trinajstić information content (AvgIpc) is 2.71. The molecule has 1 N–H and O–H groups in total. The highest BCUT2D eigenvalue weighted by Gasteiger charge is 2.21. The Kier molecular flexibility index (Phi) is 5.06. The number of furan rings is 1. The molecule has 0 saturated carbocycles. The first-order valence-corrected chi connectivity index (χ1v) is 7.65. The summed E-state index contributed by atoms with van der Waals surface area (Å²) >= 11 is 0. The highest BCUT2D eigenvalue weighted by molar-refractivity contribution is 5.23. The van der Waals surface area contributed by atoms with Crippen molar-refractivity contribution < 1.29 is 4.42 Å². The average molecular weight is 264 g/mol. The molecule has 1 aromatic rings. The fourth-order valence-electron chi connectivity index (χ4n) is 3.16. The molecule has 0 aromatic carbocycles. The summed E-state index contributed by atoms with van der Waals surface area (Å²) in [4.78, 5) is 2.58. The van der Waals surface area contributed by atoms with Gasteiger partial charge in [-0.05, 0) is 65.7 Å². The minimum Gasteiger partial charge on any atom is -0.466 e. The maximum absolute atomic E-state index is 5.63. The van der Waals surface area contributed by atoms with E-state index in [2.05, 4.69) is 37.1 Å². The summed E-state index contributed by atoms with van der Waals surface area (Å²) in [5.41, 5.74) is 1.31. The Bertz CT molecular complexity index is 391. The zero-order chi connectivity index (χ0) is 13.8. The fourth-order valence-corrected chi connectivity index (χ4v) is 3.16. The van der Waals surface area contributed by atoms with Crippen LogP contribution >= 0.6 is 0 Å². The van der Waals surface area contributed by atoms with E-state index in [0.717, 1.165) is 11.5 Å². The Balaban J connectivity index is 1.84. The van der Waals surface area contributed by atoms with E-state index < -0.39 is 0 Å². The number of piperidine rings is 1. The van der Waals surface area contributed by atoms with Gasteiger partial charge >= 0.3 is 0 Å². The Morgan fingerprint density at radius 3 is 2.58 bits per heavy atom. The first-order chi connectivity index (χ1) is 9.10. The zero-order valence-corrected chi connectivity index (χ0v) is 12.8. The van der Waals surface area contributed by atoms with Gasteiger partial charge in [0.2, 0.25) is 0 Å². The van der Waals surface area contributed by atoms with Crippen LogP contribution in [0.3, 0.4) is 0 Å². The molecule has 1 aliphatic heterocycles. The van der Waals surface area contributed by atoms with Crippen molar-refractivity contribution in [2.45, 2.75) is 59.0 Å². The van der Waals surface area contributed by atoms with E-state index in [4.69, 9.17) is 4.42 Å². The summed E-state index contributed by atoms with van der Waals surface area (Å²) in [6.45, 7) is 12.3. The molecule has 0 aliphatic carbocycles. The molecule has 2 heterocycles. The lowest BCUT2D eigenvalue weighted by Gasteiger charge is -2.33. The van der Waals surface area contributed by atoms with Gasteiger partial charge in [0.15, 0.2) is 0 Å². The molecule has 19 heavy (non-hydrogen) atoms. The second kappa shape index (κ2) is 6.58. The van der Waals surface area contributed by atoms with Crippen molar-refractivity contribution in [3.63, 3.8) is 0 Å². The first kappa shape index (κ1) is 14.6. The maximum atomic E-state index is 5.63. The van der Waals surface area contributed by atoms with E-state index >= 15 is 0 Å². The topological polar surface area (TPSA) is 28.4 Å². The van der Waals surface area contributed by atoms with Crippen molar-refractivity contribution >= 4 is 0 Å². The number of likely N-dealkylation sites (tertiary alicyclic amines) is 1. The molecule has 0 spiro atoms. The molecule has 0 amide bonds. The number of aryl methyl sites for hydroxylation is 2. The predicted octanol–water partition coefficient (Wildman–Crippen LogP) is 3.42. The van der Waals surface area contributed by atoms with E-state index in [9.17, 15) is 0 Å². The molecule has 1 fully saturated rings. The monoisotopic (exact) mass is 264 g/mol. The van der Waals surface area contributed by atoms with Crippen LogP contribution in [0.2, 0.25) is 0 Å². The highest BCUT2D eigenvalue weighted by atomic mass is 16.3. The van der Waals surface area contributed by atoms with Crippen LogP contribution < -0.4 is 5.32 Å². The van der Waals surface area contributed by atoms with E-state index in [1.165, 1.54) is 44.5 Å². The van der Waals surface area contributed by atoms with Gasteiger partial charge in [-0.25, -0.2) is 0 Å². The summed E-state index contributed by atoms with van der Waals surface area (Å²) in [6, 6.07) is 3.21. The second-order valence-electron chi connectivity index (χ2n) is 5.87. The number of rotatable bonds is 5. The van der Waals surface area contributed by atoms with Crippen LogP contribution in [0.25, 0.3) is 0 Å². The third-order valence-corrected chi connectivity index (χ3v) is 4.16. The van der Waals surface area contributed by atoms with Gasteiger partial charge in [0, 0.05) is 17.6 Å². The Labute approximate surface area is 117 Å². The number of hydrogen-bond acceptors (Lipinski definition) is 3. The van der Waals surface area contributed by atoms with Crippen LogP contribution in [-0.2, 0) is 0 Å². The number of hydrogen-bond donors (Lipinski definition) is 1. The molecule has 0 bridgehead atoms. The van der Waals surface area contributed by atoms with Crippen LogP contribution in [0.1, 0.15) is 56.2 Å². The molecule has 2 rings (SSSR count). The molecule has 3 heteroatoms. The zero-order valence-electron chi connectivity index (χ0n) is 12.8. The van der Waals surface area contributed by atoms with Crippen molar-refractivity contribution in [2.75, 3.05) is 19.6 Å². The van der Waals surface area contributed by atoms with Gasteiger partial charge in [-0.2, -0.15) is 0 Å². The van der Waals surface area contributed by atoms with Gasteiger partial charge in [-0.3, -0.25) is 0 Å². The van der Waals surface area contributed by atoms with Crippen LogP contribution in [0.4, 0.5) is 0 Å². The van der Waals surface area contributed by atoms with Crippen LogP contribution in [0, 0.1) is 13.8 Å². The van der Waals surface area contributed by atoms with Gasteiger partial charge in [0.05, 0.1) is 0 Å². The Hall–Kier alpha value is -0.800. The van der Waals surface area contributed by atoms with Crippen molar-refractivity contribution in [1.82, 2.24) is 10.2 Å². The molecule has 1 aliphatic rings. The van der Waals surface area contributed by atoms with Gasteiger partial charge in [-0.15, -0.1) is 0 Å². The van der Waals surface area contributed by atoms with E-state index in [-0.39, 0.29) is 0 Å². The van der Waals surface area contributed by atoms with Gasteiger partial charge in [0.25, 0.3) is 0 Å². The van der Waals surface area contributed by atoms with Gasteiger partial charge in [0.1, 0.15) is 11.5 Å². The highest BCUT2D eigenvalue weighted by Crippen LogP contribution is 2.23. The molecule has 1 unspecified atom stereocenters. The summed E-state index contributed by atoms with van der Waals surface area (Å²) in [6.07, 6.45) is 3.79. The van der Waals surface area contributed by atoms with Crippen molar-refractivity contribution in [1.29, 1.82) is 0 Å². The SMILES string of the molecule is CCCN1CCC(NC(C)c2cc(C)oc2C)CC1. The summed E-state index contributed by atoms with van der Waals surface area (Å²) in [5, 5.41) is 3.77. The molecular formula is C16H28N2O. The van der Waals surface area contributed by atoms with E-state index in [0.29, 0.717) is 12.1 Å². The third-order valence-electron chi connectivity index (χ3n) is 4.16. The van der Waals surface area contributed by atoms with E-state index in [1.807, 2.05) is 6.92 Å². The quantitative estimate of drug-likeness (QED) is 0.883.